The number of carbonyl (C=O) groups is 1. The molecular weight excluding hydrogens is 398 g/mol. The third-order valence-corrected chi connectivity index (χ3v) is 5.59. The number of sulfonamides is 1. The SMILES string of the molecule is COC(=O)[C@H](NS(=O)(=O)c1cc(OC)c(Cl)cc1Br)C(C)C. The topological polar surface area (TPSA) is 81.7 Å². The third-order valence-electron chi connectivity index (χ3n) is 2.90. The highest BCUT2D eigenvalue weighted by Gasteiger charge is 2.30. The molecule has 0 bridgehead atoms. The summed E-state index contributed by atoms with van der Waals surface area (Å²) >= 11 is 9.09. The molecule has 22 heavy (non-hydrogen) atoms. The van der Waals surface area contributed by atoms with Gasteiger partial charge in [0.15, 0.2) is 0 Å². The van der Waals surface area contributed by atoms with E-state index in [9.17, 15) is 13.2 Å². The van der Waals surface area contributed by atoms with Crippen molar-refractivity contribution in [3.05, 3.63) is 21.6 Å². The highest BCUT2D eigenvalue weighted by Crippen LogP contribution is 2.33. The summed E-state index contributed by atoms with van der Waals surface area (Å²) in [5, 5.41) is 0.265. The molecule has 0 aliphatic heterocycles. The smallest absolute Gasteiger partial charge is 0.324 e. The number of benzene rings is 1. The molecule has 0 spiro atoms. The highest BCUT2D eigenvalue weighted by atomic mass is 79.9. The second-order valence-corrected chi connectivity index (χ2v) is 7.73. The van der Waals surface area contributed by atoms with E-state index in [2.05, 4.69) is 25.4 Å². The zero-order valence-corrected chi connectivity index (χ0v) is 15.7. The van der Waals surface area contributed by atoms with E-state index in [1.807, 2.05) is 0 Å². The van der Waals surface area contributed by atoms with E-state index in [1.165, 1.54) is 26.4 Å². The number of ether oxygens (including phenoxy) is 2. The fourth-order valence-electron chi connectivity index (χ4n) is 1.69. The van der Waals surface area contributed by atoms with Crippen LogP contribution >= 0.6 is 27.5 Å². The molecule has 0 saturated carbocycles. The molecule has 0 aliphatic carbocycles. The van der Waals surface area contributed by atoms with Crippen LogP contribution in [-0.4, -0.2) is 34.6 Å². The number of esters is 1. The molecule has 1 aromatic rings. The van der Waals surface area contributed by atoms with E-state index in [1.54, 1.807) is 13.8 Å². The molecular formula is C13H17BrClNO5S. The van der Waals surface area contributed by atoms with Crippen molar-refractivity contribution in [1.82, 2.24) is 4.72 Å². The van der Waals surface area contributed by atoms with Crippen LogP contribution in [-0.2, 0) is 19.6 Å². The summed E-state index contributed by atoms with van der Waals surface area (Å²) in [6.45, 7) is 3.42. The minimum Gasteiger partial charge on any atom is -0.495 e. The lowest BCUT2D eigenvalue weighted by molar-refractivity contribution is -0.143. The molecule has 6 nitrogen and oxygen atoms in total. The Morgan fingerprint density at radius 1 is 1.32 bits per heavy atom. The number of hydrogen-bond donors (Lipinski definition) is 1. The molecule has 124 valence electrons. The molecule has 0 unspecified atom stereocenters. The summed E-state index contributed by atoms with van der Waals surface area (Å²) in [4.78, 5) is 11.6. The van der Waals surface area contributed by atoms with Gasteiger partial charge in [-0.25, -0.2) is 8.42 Å². The number of methoxy groups -OCH3 is 2. The first kappa shape index (κ1) is 19.2. The van der Waals surface area contributed by atoms with E-state index in [0.29, 0.717) is 0 Å². The van der Waals surface area contributed by atoms with Crippen LogP contribution in [0.15, 0.2) is 21.5 Å². The lowest BCUT2D eigenvalue weighted by Crippen LogP contribution is -2.45. The zero-order chi connectivity index (χ0) is 17.1. The number of rotatable bonds is 6. The maximum absolute atomic E-state index is 12.5. The molecule has 0 saturated heterocycles. The van der Waals surface area contributed by atoms with Crippen molar-refractivity contribution in [2.75, 3.05) is 14.2 Å². The van der Waals surface area contributed by atoms with Crippen LogP contribution in [0.5, 0.6) is 5.75 Å². The van der Waals surface area contributed by atoms with Crippen LogP contribution in [0.3, 0.4) is 0 Å². The quantitative estimate of drug-likeness (QED) is 0.724. The number of carbonyl (C=O) groups excluding carboxylic acids is 1. The average Bonchev–Trinajstić information content (AvgIpc) is 2.43. The average molecular weight is 415 g/mol. The monoisotopic (exact) mass is 413 g/mol. The Morgan fingerprint density at radius 3 is 2.36 bits per heavy atom. The molecule has 1 N–H and O–H groups in total. The van der Waals surface area contributed by atoms with Gasteiger partial charge < -0.3 is 9.47 Å². The molecule has 0 amide bonds. The van der Waals surface area contributed by atoms with E-state index >= 15 is 0 Å². The fraction of sp³-hybridized carbons (Fsp3) is 0.462. The predicted octanol–water partition coefficient (Wildman–Crippen LogP) is 2.59. The minimum atomic E-state index is -3.98. The summed E-state index contributed by atoms with van der Waals surface area (Å²) in [5.74, 6) is -0.727. The minimum absolute atomic E-state index is 0.0803. The largest absolute Gasteiger partial charge is 0.495 e. The molecule has 0 radical (unpaired) electrons. The molecule has 9 heteroatoms. The normalized spacial score (nSPS) is 13.0. The fourth-order valence-corrected chi connectivity index (χ4v) is 4.45. The van der Waals surface area contributed by atoms with Crippen molar-refractivity contribution in [3.8, 4) is 5.75 Å². The zero-order valence-electron chi connectivity index (χ0n) is 12.5. The summed E-state index contributed by atoms with van der Waals surface area (Å²) in [6.07, 6.45) is 0. The van der Waals surface area contributed by atoms with Gasteiger partial charge in [0.2, 0.25) is 10.0 Å². The number of hydrogen-bond acceptors (Lipinski definition) is 5. The van der Waals surface area contributed by atoms with Crippen molar-refractivity contribution in [2.45, 2.75) is 24.8 Å². The van der Waals surface area contributed by atoms with E-state index in [-0.39, 0.29) is 26.1 Å². The summed E-state index contributed by atoms with van der Waals surface area (Å²) in [6, 6.07) is 1.70. The molecule has 1 rings (SSSR count). The maximum atomic E-state index is 12.5. The molecule has 1 aromatic carbocycles. The Balaban J connectivity index is 3.27. The van der Waals surface area contributed by atoms with E-state index in [0.717, 1.165) is 0 Å². The van der Waals surface area contributed by atoms with Crippen molar-refractivity contribution < 1.29 is 22.7 Å². The summed E-state index contributed by atoms with van der Waals surface area (Å²) in [7, 11) is -1.40. The predicted molar refractivity (Wildman–Crippen MR) is 86.7 cm³/mol. The van der Waals surface area contributed by atoms with E-state index < -0.39 is 22.0 Å². The highest BCUT2D eigenvalue weighted by molar-refractivity contribution is 9.10. The Morgan fingerprint density at radius 2 is 1.91 bits per heavy atom. The van der Waals surface area contributed by atoms with Crippen LogP contribution < -0.4 is 9.46 Å². The van der Waals surface area contributed by atoms with Crippen LogP contribution in [0, 0.1) is 5.92 Å². The Hall–Kier alpha value is -0.830. The Bertz CT molecular complexity index is 663. The van der Waals surface area contributed by atoms with Crippen LogP contribution in [0.4, 0.5) is 0 Å². The van der Waals surface area contributed by atoms with Crippen LogP contribution in [0.1, 0.15) is 13.8 Å². The Kier molecular flexibility index (Phi) is 6.66. The first-order valence-electron chi connectivity index (χ1n) is 6.27. The second kappa shape index (κ2) is 7.63. The molecule has 0 aromatic heterocycles. The molecule has 0 heterocycles. The number of halogens is 2. The second-order valence-electron chi connectivity index (χ2n) is 4.78. The standard InChI is InChI=1S/C13H17BrClNO5S/c1-7(2)12(13(17)21-4)16-22(18,19)11-6-10(20-3)9(15)5-8(11)14/h5-7,12,16H,1-4H3/t12-/m1/s1. The molecule has 1 atom stereocenters. The van der Waals surface area contributed by atoms with Gasteiger partial charge in [0.05, 0.1) is 24.1 Å². The van der Waals surface area contributed by atoms with Crippen molar-refractivity contribution in [3.63, 3.8) is 0 Å². The van der Waals surface area contributed by atoms with Gasteiger partial charge in [-0.2, -0.15) is 4.72 Å². The van der Waals surface area contributed by atoms with Crippen molar-refractivity contribution in [2.24, 2.45) is 5.92 Å². The van der Waals surface area contributed by atoms with Gasteiger partial charge in [-0.05, 0) is 27.9 Å². The first-order valence-corrected chi connectivity index (χ1v) is 8.92. The summed E-state index contributed by atoms with van der Waals surface area (Å²) < 4.78 is 37.3. The van der Waals surface area contributed by atoms with Gasteiger partial charge >= 0.3 is 5.97 Å². The first-order chi connectivity index (χ1) is 10.1. The molecule has 0 aliphatic rings. The third kappa shape index (κ3) is 4.34. The maximum Gasteiger partial charge on any atom is 0.324 e. The lowest BCUT2D eigenvalue weighted by atomic mass is 10.1. The van der Waals surface area contributed by atoms with Gasteiger partial charge in [0.1, 0.15) is 11.8 Å². The molecule has 0 fully saturated rings. The van der Waals surface area contributed by atoms with Crippen LogP contribution in [0.25, 0.3) is 0 Å². The van der Waals surface area contributed by atoms with Crippen molar-refractivity contribution in [1.29, 1.82) is 0 Å². The summed E-state index contributed by atoms with van der Waals surface area (Å²) in [5.41, 5.74) is 0. The van der Waals surface area contributed by atoms with Gasteiger partial charge in [-0.1, -0.05) is 25.4 Å². The Labute approximate surface area is 143 Å². The van der Waals surface area contributed by atoms with E-state index in [4.69, 9.17) is 16.3 Å². The number of nitrogens with one attached hydrogen (secondary N) is 1. The van der Waals surface area contributed by atoms with Gasteiger partial charge in [-0.15, -0.1) is 0 Å². The van der Waals surface area contributed by atoms with Crippen molar-refractivity contribution >= 4 is 43.5 Å². The van der Waals surface area contributed by atoms with Gasteiger partial charge in [0, 0.05) is 10.5 Å². The van der Waals surface area contributed by atoms with Gasteiger partial charge in [0.25, 0.3) is 0 Å². The van der Waals surface area contributed by atoms with Gasteiger partial charge in [-0.3, -0.25) is 4.79 Å². The van der Waals surface area contributed by atoms with Crippen LogP contribution in [0.2, 0.25) is 5.02 Å². The lowest BCUT2D eigenvalue weighted by Gasteiger charge is -2.20.